The van der Waals surface area contributed by atoms with Crippen LogP contribution in [0, 0.1) is 11.7 Å². The lowest BCUT2D eigenvalue weighted by Crippen LogP contribution is -2.29. The van der Waals surface area contributed by atoms with E-state index in [0.29, 0.717) is 18.0 Å². The minimum atomic E-state index is -0.397. The van der Waals surface area contributed by atoms with Crippen molar-refractivity contribution in [2.24, 2.45) is 5.92 Å². The monoisotopic (exact) mass is 368 g/mol. The fraction of sp³-hybridized carbons (Fsp3) is 0.250. The Hall–Kier alpha value is -3.22. The number of aromatic nitrogens is 2. The fourth-order valence-electron chi connectivity index (χ4n) is 2.61. The number of fused-ring (bicyclic) bond motifs is 1. The first-order valence-corrected chi connectivity index (χ1v) is 8.73. The molecule has 6 nitrogen and oxygen atoms in total. The molecule has 0 spiro atoms. The third-order valence-electron chi connectivity index (χ3n) is 4.00. The smallest absolute Gasteiger partial charge is 0.287 e. The number of benzene rings is 1. The van der Waals surface area contributed by atoms with Gasteiger partial charge in [0.15, 0.2) is 5.69 Å². The highest BCUT2D eigenvalue weighted by atomic mass is 19.1. The zero-order valence-corrected chi connectivity index (χ0v) is 15.2. The zero-order valence-electron chi connectivity index (χ0n) is 15.2. The van der Waals surface area contributed by atoms with Crippen molar-refractivity contribution in [1.29, 1.82) is 0 Å². The summed E-state index contributed by atoms with van der Waals surface area (Å²) in [7, 11) is 0. The van der Waals surface area contributed by atoms with E-state index in [-0.39, 0.29) is 29.8 Å². The van der Waals surface area contributed by atoms with Crippen molar-refractivity contribution < 1.29 is 14.0 Å². The number of halogens is 1. The summed E-state index contributed by atoms with van der Waals surface area (Å²) in [5.41, 5.74) is 1.49. The summed E-state index contributed by atoms with van der Waals surface area (Å²) in [6, 6.07) is 11.2. The minimum Gasteiger partial charge on any atom is -0.349 e. The predicted octanol–water partition coefficient (Wildman–Crippen LogP) is 2.79. The van der Waals surface area contributed by atoms with Gasteiger partial charge in [-0.25, -0.2) is 9.37 Å². The van der Waals surface area contributed by atoms with Crippen LogP contribution in [-0.2, 0) is 6.54 Å². The van der Waals surface area contributed by atoms with Gasteiger partial charge in [0.05, 0.1) is 5.52 Å². The molecule has 2 amide bonds. The second kappa shape index (κ2) is 7.99. The van der Waals surface area contributed by atoms with Crippen molar-refractivity contribution in [3.8, 4) is 0 Å². The van der Waals surface area contributed by atoms with Gasteiger partial charge in [0.1, 0.15) is 5.82 Å². The Morgan fingerprint density at radius 1 is 1.07 bits per heavy atom. The maximum absolute atomic E-state index is 13.0. The zero-order chi connectivity index (χ0) is 19.4. The van der Waals surface area contributed by atoms with Gasteiger partial charge in [-0.15, -0.1) is 0 Å². The molecule has 27 heavy (non-hydrogen) atoms. The van der Waals surface area contributed by atoms with Crippen LogP contribution in [0.3, 0.4) is 0 Å². The molecule has 2 aromatic heterocycles. The van der Waals surface area contributed by atoms with Gasteiger partial charge in [0.2, 0.25) is 5.82 Å². The molecule has 7 heteroatoms. The van der Waals surface area contributed by atoms with Crippen LogP contribution in [0.1, 0.15) is 40.5 Å². The van der Waals surface area contributed by atoms with Gasteiger partial charge in [-0.1, -0.05) is 32.0 Å². The molecule has 0 unspecified atom stereocenters. The van der Waals surface area contributed by atoms with E-state index in [1.807, 2.05) is 13.8 Å². The Morgan fingerprint density at radius 3 is 2.52 bits per heavy atom. The van der Waals surface area contributed by atoms with E-state index in [9.17, 15) is 14.0 Å². The molecule has 2 N–H and O–H groups in total. The predicted molar refractivity (Wildman–Crippen MR) is 99.9 cm³/mol. The number of carbonyl (C=O) groups is 2. The molecule has 140 valence electrons. The highest BCUT2D eigenvalue weighted by molar-refractivity contribution is 6.02. The maximum Gasteiger partial charge on any atom is 0.287 e. The largest absolute Gasteiger partial charge is 0.349 e. The third-order valence-corrected chi connectivity index (χ3v) is 4.00. The SMILES string of the molecule is CC(C)CNC(=O)c1nc(C(=O)NCc2ccc(F)cc2)c2ccccn12. The topological polar surface area (TPSA) is 75.5 Å². The van der Waals surface area contributed by atoms with E-state index in [1.165, 1.54) is 12.1 Å². The summed E-state index contributed by atoms with van der Waals surface area (Å²) >= 11 is 0. The number of carbonyl (C=O) groups excluding carboxylic acids is 2. The molecule has 0 saturated heterocycles. The molecule has 2 heterocycles. The second-order valence-electron chi connectivity index (χ2n) is 6.65. The molecule has 3 rings (SSSR count). The molecular formula is C20H21FN4O2. The molecule has 1 aromatic carbocycles. The Morgan fingerprint density at radius 2 is 1.81 bits per heavy atom. The Labute approximate surface area is 156 Å². The normalized spacial score (nSPS) is 11.0. The molecule has 0 radical (unpaired) electrons. The van der Waals surface area contributed by atoms with Crippen LogP contribution < -0.4 is 10.6 Å². The van der Waals surface area contributed by atoms with Crippen LogP contribution in [0.15, 0.2) is 48.7 Å². The minimum absolute atomic E-state index is 0.165. The van der Waals surface area contributed by atoms with Crippen LogP contribution >= 0.6 is 0 Å². The lowest BCUT2D eigenvalue weighted by atomic mass is 10.2. The van der Waals surface area contributed by atoms with Crippen LogP contribution in [0.5, 0.6) is 0 Å². The van der Waals surface area contributed by atoms with Gasteiger partial charge in [-0.2, -0.15) is 0 Å². The molecule has 0 saturated carbocycles. The molecule has 0 aliphatic rings. The van der Waals surface area contributed by atoms with E-state index in [4.69, 9.17) is 0 Å². The lowest BCUT2D eigenvalue weighted by Gasteiger charge is -2.06. The number of hydrogen-bond donors (Lipinski definition) is 2. The van der Waals surface area contributed by atoms with Gasteiger partial charge < -0.3 is 10.6 Å². The number of pyridine rings is 1. The number of imidazole rings is 1. The van der Waals surface area contributed by atoms with Crippen molar-refractivity contribution in [3.05, 3.63) is 71.6 Å². The summed E-state index contributed by atoms with van der Waals surface area (Å²) in [6.45, 7) is 4.75. The van der Waals surface area contributed by atoms with Crippen molar-refractivity contribution in [2.75, 3.05) is 6.54 Å². The molecule has 0 fully saturated rings. The Bertz CT molecular complexity index is 964. The Balaban J connectivity index is 1.82. The number of hydrogen-bond acceptors (Lipinski definition) is 3. The molecular weight excluding hydrogens is 347 g/mol. The second-order valence-corrected chi connectivity index (χ2v) is 6.65. The van der Waals surface area contributed by atoms with Gasteiger partial charge in [0, 0.05) is 19.3 Å². The first-order valence-electron chi connectivity index (χ1n) is 8.73. The molecule has 3 aromatic rings. The van der Waals surface area contributed by atoms with Gasteiger partial charge in [-0.05, 0) is 35.7 Å². The maximum atomic E-state index is 13.0. The van der Waals surface area contributed by atoms with Crippen LogP contribution in [0.25, 0.3) is 5.52 Å². The van der Waals surface area contributed by atoms with Crippen LogP contribution in [0.4, 0.5) is 4.39 Å². The number of nitrogens with one attached hydrogen (secondary N) is 2. The van der Waals surface area contributed by atoms with Crippen LogP contribution in [-0.4, -0.2) is 27.7 Å². The summed E-state index contributed by atoms with van der Waals surface area (Å²) in [5.74, 6) is -0.590. The summed E-state index contributed by atoms with van der Waals surface area (Å²) in [4.78, 5) is 29.3. The molecule has 0 atom stereocenters. The quantitative estimate of drug-likeness (QED) is 0.703. The molecule has 0 bridgehead atoms. The first-order chi connectivity index (χ1) is 13.0. The number of rotatable bonds is 6. The summed E-state index contributed by atoms with van der Waals surface area (Å²) < 4.78 is 14.6. The van der Waals surface area contributed by atoms with E-state index >= 15 is 0 Å². The third kappa shape index (κ3) is 4.31. The van der Waals surface area contributed by atoms with Crippen LogP contribution in [0.2, 0.25) is 0 Å². The number of amides is 2. The summed E-state index contributed by atoms with van der Waals surface area (Å²) in [6.07, 6.45) is 1.70. The van der Waals surface area contributed by atoms with Gasteiger partial charge >= 0.3 is 0 Å². The highest BCUT2D eigenvalue weighted by Gasteiger charge is 2.21. The van der Waals surface area contributed by atoms with Crippen molar-refractivity contribution >= 4 is 17.3 Å². The number of nitrogens with zero attached hydrogens (tertiary/aromatic N) is 2. The lowest BCUT2D eigenvalue weighted by molar-refractivity contribution is 0.0938. The van der Waals surface area contributed by atoms with E-state index in [2.05, 4.69) is 15.6 Å². The van der Waals surface area contributed by atoms with Crippen molar-refractivity contribution in [1.82, 2.24) is 20.0 Å². The average molecular weight is 368 g/mol. The molecule has 0 aliphatic heterocycles. The van der Waals surface area contributed by atoms with Crippen molar-refractivity contribution in [3.63, 3.8) is 0 Å². The fourth-order valence-corrected chi connectivity index (χ4v) is 2.61. The highest BCUT2D eigenvalue weighted by Crippen LogP contribution is 2.14. The summed E-state index contributed by atoms with van der Waals surface area (Å²) in [5, 5.41) is 5.58. The standard InChI is InChI=1S/C20H21FN4O2/c1-13(2)11-22-20(27)18-24-17(16-5-3-4-10-25(16)18)19(26)23-12-14-6-8-15(21)9-7-14/h3-10,13H,11-12H2,1-2H3,(H,22,27)(H,23,26). The van der Waals surface area contributed by atoms with Crippen molar-refractivity contribution in [2.45, 2.75) is 20.4 Å². The molecule has 0 aliphatic carbocycles. The van der Waals surface area contributed by atoms with E-state index < -0.39 is 5.91 Å². The van der Waals surface area contributed by atoms with E-state index in [0.717, 1.165) is 5.56 Å². The average Bonchev–Trinajstić information content (AvgIpc) is 3.05. The van der Waals surface area contributed by atoms with E-state index in [1.54, 1.807) is 40.9 Å². The van der Waals surface area contributed by atoms with Gasteiger partial charge in [-0.3, -0.25) is 14.0 Å². The Kier molecular flexibility index (Phi) is 5.49. The first kappa shape index (κ1) is 18.6. The van der Waals surface area contributed by atoms with Gasteiger partial charge in [0.25, 0.3) is 11.8 Å².